The Hall–Kier alpha value is -2.15. The topological polar surface area (TPSA) is 82.2 Å². The van der Waals surface area contributed by atoms with Gasteiger partial charge in [0.05, 0.1) is 24.9 Å². The zero-order valence-corrected chi connectivity index (χ0v) is 13.5. The van der Waals surface area contributed by atoms with Gasteiger partial charge in [0, 0.05) is 43.3 Å². The predicted molar refractivity (Wildman–Crippen MR) is 82.8 cm³/mol. The van der Waals surface area contributed by atoms with Gasteiger partial charge in [0.25, 0.3) is 0 Å². The first-order valence-electron chi connectivity index (χ1n) is 7.89. The van der Waals surface area contributed by atoms with E-state index in [0.717, 1.165) is 23.6 Å². The highest BCUT2D eigenvalue weighted by Crippen LogP contribution is 2.20. The largest absolute Gasteiger partial charge is 0.379 e. The Labute approximate surface area is 135 Å². The van der Waals surface area contributed by atoms with Crippen LogP contribution in [0.3, 0.4) is 0 Å². The van der Waals surface area contributed by atoms with Crippen molar-refractivity contribution in [2.75, 3.05) is 13.2 Å². The Kier molecular flexibility index (Phi) is 4.76. The molecular weight excluding hydrogens is 296 g/mol. The van der Waals surface area contributed by atoms with Gasteiger partial charge < -0.3 is 14.6 Å². The minimum atomic E-state index is 0.0200. The van der Waals surface area contributed by atoms with Gasteiger partial charge >= 0.3 is 0 Å². The molecule has 1 saturated heterocycles. The molecule has 2 aromatic heterocycles. The molecule has 7 nitrogen and oxygen atoms in total. The molecule has 1 amide bonds. The summed E-state index contributed by atoms with van der Waals surface area (Å²) in [6.07, 6.45) is 2.88. The van der Waals surface area contributed by atoms with Crippen LogP contribution in [0.2, 0.25) is 0 Å². The molecule has 1 aliphatic rings. The molecule has 0 spiro atoms. The summed E-state index contributed by atoms with van der Waals surface area (Å²) in [5.41, 5.74) is 1.93. The van der Waals surface area contributed by atoms with Gasteiger partial charge in [-0.15, -0.1) is 0 Å². The van der Waals surface area contributed by atoms with Crippen LogP contribution in [0.1, 0.15) is 23.6 Å². The Balaban J connectivity index is 1.49. The van der Waals surface area contributed by atoms with E-state index < -0.39 is 0 Å². The minimum Gasteiger partial charge on any atom is -0.379 e. The molecule has 0 aromatic carbocycles. The molecule has 1 N–H and O–H groups in total. The van der Waals surface area contributed by atoms with Gasteiger partial charge in [-0.1, -0.05) is 5.16 Å². The molecule has 3 heterocycles. The summed E-state index contributed by atoms with van der Waals surface area (Å²) in [6.45, 7) is 5.64. The maximum atomic E-state index is 12.2. The summed E-state index contributed by atoms with van der Waals surface area (Å²) in [5.74, 6) is 1.08. The summed E-state index contributed by atoms with van der Waals surface area (Å²) >= 11 is 0. The zero-order chi connectivity index (χ0) is 16.2. The van der Waals surface area contributed by atoms with E-state index in [1.165, 1.54) is 0 Å². The number of hydrogen-bond acceptors (Lipinski definition) is 5. The molecule has 1 aliphatic heterocycles. The van der Waals surface area contributed by atoms with E-state index in [4.69, 9.17) is 9.26 Å². The molecule has 0 saturated carbocycles. The second kappa shape index (κ2) is 6.95. The number of aromatic nitrogens is 3. The Morgan fingerprint density at radius 3 is 3.00 bits per heavy atom. The Bertz CT molecular complexity index is 664. The third-order valence-electron chi connectivity index (χ3n) is 4.16. The van der Waals surface area contributed by atoms with E-state index in [9.17, 15) is 4.79 Å². The lowest BCUT2D eigenvalue weighted by molar-refractivity contribution is -0.122. The average Bonchev–Trinajstić information content (AvgIpc) is 3.22. The van der Waals surface area contributed by atoms with Gasteiger partial charge in [-0.25, -0.2) is 0 Å². The van der Waals surface area contributed by atoms with Crippen molar-refractivity contribution in [3.63, 3.8) is 0 Å². The minimum absolute atomic E-state index is 0.0200. The van der Waals surface area contributed by atoms with E-state index in [-0.39, 0.29) is 17.9 Å². The van der Waals surface area contributed by atoms with Gasteiger partial charge in [0.15, 0.2) is 0 Å². The fraction of sp³-hybridized carbons (Fsp3) is 0.562. The monoisotopic (exact) mass is 318 g/mol. The summed E-state index contributed by atoms with van der Waals surface area (Å²) in [4.78, 5) is 12.2. The van der Waals surface area contributed by atoms with Crippen molar-refractivity contribution in [2.24, 2.45) is 5.92 Å². The molecule has 0 bridgehead atoms. The van der Waals surface area contributed by atoms with Crippen molar-refractivity contribution in [3.8, 4) is 0 Å². The van der Waals surface area contributed by atoms with Crippen LogP contribution in [-0.2, 0) is 22.5 Å². The molecule has 23 heavy (non-hydrogen) atoms. The van der Waals surface area contributed by atoms with Crippen molar-refractivity contribution >= 4 is 5.91 Å². The van der Waals surface area contributed by atoms with E-state index in [1.807, 2.05) is 30.7 Å². The molecule has 0 radical (unpaired) electrons. The first-order valence-corrected chi connectivity index (χ1v) is 7.89. The number of hydrogen-bond donors (Lipinski definition) is 1. The Morgan fingerprint density at radius 2 is 2.30 bits per heavy atom. The number of carbonyl (C=O) groups is 1. The number of ether oxygens (including phenoxy) is 1. The number of carbonyl (C=O) groups excluding carboxylic acids is 1. The number of amides is 1. The average molecular weight is 318 g/mol. The SMILES string of the molecule is Cc1cc(C[C@H]2COC[C@H]2NC(=O)CCn2nccc2C)on1. The second-order valence-corrected chi connectivity index (χ2v) is 6.06. The van der Waals surface area contributed by atoms with Crippen molar-refractivity contribution in [1.29, 1.82) is 0 Å². The van der Waals surface area contributed by atoms with Crippen LogP contribution in [0.15, 0.2) is 22.9 Å². The lowest BCUT2D eigenvalue weighted by Crippen LogP contribution is -2.40. The number of aryl methyl sites for hydroxylation is 3. The standard InChI is InChI=1S/C16H22N4O3/c1-11-7-14(23-19-11)8-13-9-22-10-15(13)18-16(21)4-6-20-12(2)3-5-17-20/h3,5,7,13,15H,4,6,8-10H2,1-2H3,(H,18,21)/t13-,15+/m0/s1. The second-order valence-electron chi connectivity index (χ2n) is 6.06. The van der Waals surface area contributed by atoms with Crippen LogP contribution in [-0.4, -0.2) is 40.1 Å². The highest BCUT2D eigenvalue weighted by atomic mass is 16.5. The molecule has 2 aromatic rings. The normalized spacial score (nSPS) is 20.8. The lowest BCUT2D eigenvalue weighted by atomic mass is 9.98. The third kappa shape index (κ3) is 3.98. The van der Waals surface area contributed by atoms with Crippen LogP contribution in [0.25, 0.3) is 0 Å². The molecular formula is C16H22N4O3. The summed E-state index contributed by atoms with van der Waals surface area (Å²) < 4.78 is 12.6. The van der Waals surface area contributed by atoms with Crippen LogP contribution < -0.4 is 5.32 Å². The van der Waals surface area contributed by atoms with Crippen LogP contribution in [0.5, 0.6) is 0 Å². The fourth-order valence-electron chi connectivity index (χ4n) is 2.85. The van der Waals surface area contributed by atoms with Crippen molar-refractivity contribution in [1.82, 2.24) is 20.3 Å². The highest BCUT2D eigenvalue weighted by molar-refractivity contribution is 5.76. The van der Waals surface area contributed by atoms with Crippen molar-refractivity contribution in [2.45, 2.75) is 39.3 Å². The molecule has 0 aliphatic carbocycles. The van der Waals surface area contributed by atoms with Gasteiger partial charge in [0.1, 0.15) is 5.76 Å². The fourth-order valence-corrected chi connectivity index (χ4v) is 2.85. The summed E-state index contributed by atoms with van der Waals surface area (Å²) in [7, 11) is 0. The van der Waals surface area contributed by atoms with Gasteiger partial charge in [-0.05, 0) is 19.9 Å². The van der Waals surface area contributed by atoms with Crippen LogP contribution in [0, 0.1) is 19.8 Å². The van der Waals surface area contributed by atoms with Gasteiger partial charge in [-0.3, -0.25) is 9.48 Å². The molecule has 2 atom stereocenters. The quantitative estimate of drug-likeness (QED) is 0.867. The first-order chi connectivity index (χ1) is 11.1. The van der Waals surface area contributed by atoms with E-state index >= 15 is 0 Å². The Morgan fingerprint density at radius 1 is 1.43 bits per heavy atom. The number of nitrogens with zero attached hydrogens (tertiary/aromatic N) is 3. The maximum absolute atomic E-state index is 12.2. The van der Waals surface area contributed by atoms with Crippen molar-refractivity contribution < 1.29 is 14.1 Å². The van der Waals surface area contributed by atoms with Crippen LogP contribution in [0.4, 0.5) is 0 Å². The van der Waals surface area contributed by atoms with Crippen LogP contribution >= 0.6 is 0 Å². The van der Waals surface area contributed by atoms with E-state index in [2.05, 4.69) is 15.6 Å². The molecule has 0 unspecified atom stereocenters. The summed E-state index contributed by atoms with van der Waals surface area (Å²) in [5, 5.41) is 11.2. The maximum Gasteiger partial charge on any atom is 0.222 e. The third-order valence-corrected chi connectivity index (χ3v) is 4.16. The summed E-state index contributed by atoms with van der Waals surface area (Å²) in [6, 6.07) is 3.88. The van der Waals surface area contributed by atoms with E-state index in [0.29, 0.717) is 26.2 Å². The highest BCUT2D eigenvalue weighted by Gasteiger charge is 2.30. The molecule has 1 fully saturated rings. The number of rotatable bonds is 6. The smallest absolute Gasteiger partial charge is 0.222 e. The zero-order valence-electron chi connectivity index (χ0n) is 13.5. The van der Waals surface area contributed by atoms with E-state index in [1.54, 1.807) is 6.20 Å². The van der Waals surface area contributed by atoms with Gasteiger partial charge in [-0.2, -0.15) is 5.10 Å². The van der Waals surface area contributed by atoms with Crippen molar-refractivity contribution in [3.05, 3.63) is 35.5 Å². The van der Waals surface area contributed by atoms with Gasteiger partial charge in [0.2, 0.25) is 5.91 Å². The lowest BCUT2D eigenvalue weighted by Gasteiger charge is -2.18. The molecule has 124 valence electrons. The first kappa shape index (κ1) is 15.7. The predicted octanol–water partition coefficient (Wildman–Crippen LogP) is 1.25. The number of nitrogens with one attached hydrogen (secondary N) is 1. The molecule has 7 heteroatoms. The molecule has 3 rings (SSSR count).